The highest BCUT2D eigenvalue weighted by Gasteiger charge is 2.37. The first kappa shape index (κ1) is 16.3. The molecule has 2 aromatic rings. The minimum absolute atomic E-state index is 0.0633. The Labute approximate surface area is 134 Å². The summed E-state index contributed by atoms with van der Waals surface area (Å²) >= 11 is 0. The Balaban J connectivity index is 2.20. The molecule has 1 atom stereocenters. The van der Waals surface area contributed by atoms with E-state index in [-0.39, 0.29) is 16.8 Å². The molecule has 0 N–H and O–H groups in total. The molecule has 24 heavy (non-hydrogen) atoms. The van der Waals surface area contributed by atoms with Crippen molar-refractivity contribution in [3.8, 4) is 11.1 Å². The number of nitrogens with zero attached hydrogens (tertiary/aromatic N) is 2. The first-order chi connectivity index (χ1) is 11.3. The maximum Gasteiger partial charge on any atom is 0.286 e. The Bertz CT molecular complexity index is 860. The van der Waals surface area contributed by atoms with Crippen molar-refractivity contribution in [2.24, 2.45) is 5.10 Å². The van der Waals surface area contributed by atoms with Gasteiger partial charge in [0.25, 0.3) is 6.43 Å². The third-order valence-electron chi connectivity index (χ3n) is 3.66. The van der Waals surface area contributed by atoms with Crippen molar-refractivity contribution in [3.05, 3.63) is 66.1 Å². The van der Waals surface area contributed by atoms with E-state index in [1.807, 2.05) is 0 Å². The second-order valence-corrected chi connectivity index (χ2v) is 5.35. The zero-order chi connectivity index (χ0) is 17.5. The molecule has 2 nitrogen and oxygen atoms in total. The van der Waals surface area contributed by atoms with E-state index in [4.69, 9.17) is 0 Å². The summed E-state index contributed by atoms with van der Waals surface area (Å²) in [6, 6.07) is 7.14. The van der Waals surface area contributed by atoms with Crippen LogP contribution in [0.3, 0.4) is 0 Å². The molecule has 0 aromatic heterocycles. The summed E-state index contributed by atoms with van der Waals surface area (Å²) in [5.41, 5.74) is -0.241. The maximum atomic E-state index is 14.5. The predicted octanol–water partition coefficient (Wildman–Crippen LogP) is 4.66. The van der Waals surface area contributed by atoms with Crippen molar-refractivity contribution in [2.75, 3.05) is 7.05 Å². The number of halogens is 5. The van der Waals surface area contributed by atoms with Crippen molar-refractivity contribution in [1.82, 2.24) is 4.59 Å². The summed E-state index contributed by atoms with van der Waals surface area (Å²) in [4.78, 5) is 0. The summed E-state index contributed by atoms with van der Waals surface area (Å²) in [6.45, 7) is 0. The molecule has 0 saturated heterocycles. The quantitative estimate of drug-likeness (QED) is 0.570. The Kier molecular flexibility index (Phi) is 3.96. The van der Waals surface area contributed by atoms with Crippen LogP contribution in [-0.2, 0) is 0 Å². The monoisotopic (exact) mass is 338 g/mol. The van der Waals surface area contributed by atoms with Gasteiger partial charge in [0.2, 0.25) is 5.69 Å². The van der Waals surface area contributed by atoms with Crippen LogP contribution < -0.4 is 4.59 Å². The minimum Gasteiger partial charge on any atom is -0.204 e. The summed E-state index contributed by atoms with van der Waals surface area (Å²) in [6.07, 6.45) is 0.654. The second-order valence-electron chi connectivity index (χ2n) is 5.35. The van der Waals surface area contributed by atoms with Gasteiger partial charge in [-0.05, 0) is 29.8 Å². The van der Waals surface area contributed by atoms with Crippen LogP contribution in [0.25, 0.3) is 11.1 Å². The van der Waals surface area contributed by atoms with E-state index in [9.17, 15) is 22.0 Å². The number of allylic oxidation sites excluding steroid dienone is 1. The first-order valence-electron chi connectivity index (χ1n) is 6.92. The number of rotatable bonds is 3. The Morgan fingerprint density at radius 3 is 2.38 bits per heavy atom. The molecule has 1 aliphatic heterocycles. The normalized spacial score (nSPS) is 19.9. The van der Waals surface area contributed by atoms with Gasteiger partial charge in [0.1, 0.15) is 13.2 Å². The van der Waals surface area contributed by atoms with E-state index in [0.29, 0.717) is 0 Å². The lowest BCUT2D eigenvalue weighted by molar-refractivity contribution is 0.225. The van der Waals surface area contributed by atoms with Crippen molar-refractivity contribution < 1.29 is 22.0 Å². The predicted molar refractivity (Wildman–Crippen MR) is 80.7 cm³/mol. The number of para-hydroxylation sites is 1. The highest BCUT2D eigenvalue weighted by molar-refractivity contribution is 5.96. The fraction of sp³-hybridized carbons (Fsp3) is 0.118. The van der Waals surface area contributed by atoms with E-state index < -0.39 is 34.2 Å². The summed E-state index contributed by atoms with van der Waals surface area (Å²) < 4.78 is 66.1. The summed E-state index contributed by atoms with van der Waals surface area (Å²) in [5.74, 6) is -2.84. The highest BCUT2D eigenvalue weighted by atomic mass is 19.3. The number of hydrogen-bond donors (Lipinski definition) is 0. The number of benzene rings is 2. The molecular formula is C17H11F5N2+. The topological polar surface area (TPSA) is 12.4 Å². The molecule has 0 aliphatic carbocycles. The molecular weight excluding hydrogens is 327 g/mol. The molecule has 0 amide bonds. The molecule has 123 valence electrons. The van der Waals surface area contributed by atoms with E-state index in [1.165, 1.54) is 31.4 Å². The SMILES string of the molecule is C[N+]1(c2c(F)cccc2-c2ccc(F)c(F)c2)C=[C]C(C(F)F)=N1. The van der Waals surface area contributed by atoms with Gasteiger partial charge in [0, 0.05) is 5.56 Å². The molecule has 1 radical (unpaired) electrons. The third-order valence-corrected chi connectivity index (χ3v) is 3.66. The minimum atomic E-state index is -2.85. The Morgan fingerprint density at radius 2 is 1.75 bits per heavy atom. The van der Waals surface area contributed by atoms with Gasteiger partial charge in [0.05, 0.1) is 6.08 Å². The van der Waals surface area contributed by atoms with Gasteiger partial charge in [-0.15, -0.1) is 4.59 Å². The van der Waals surface area contributed by atoms with Gasteiger partial charge in [0.15, 0.2) is 23.2 Å². The van der Waals surface area contributed by atoms with Crippen LogP contribution >= 0.6 is 0 Å². The van der Waals surface area contributed by atoms with Gasteiger partial charge in [-0.3, -0.25) is 0 Å². The molecule has 3 rings (SSSR count). The van der Waals surface area contributed by atoms with Crippen LogP contribution in [0.5, 0.6) is 0 Å². The molecule has 0 fully saturated rings. The van der Waals surface area contributed by atoms with Crippen LogP contribution in [-0.4, -0.2) is 19.2 Å². The van der Waals surface area contributed by atoms with Gasteiger partial charge in [-0.25, -0.2) is 22.0 Å². The molecule has 0 bridgehead atoms. The van der Waals surface area contributed by atoms with E-state index in [0.717, 1.165) is 18.2 Å². The van der Waals surface area contributed by atoms with Gasteiger partial charge in [-0.2, -0.15) is 0 Å². The fourth-order valence-electron chi connectivity index (χ4n) is 2.57. The van der Waals surface area contributed by atoms with E-state index >= 15 is 0 Å². The lowest BCUT2D eigenvalue weighted by atomic mass is 10.0. The summed E-state index contributed by atoms with van der Waals surface area (Å²) in [7, 11) is 1.39. The zero-order valence-corrected chi connectivity index (χ0v) is 12.4. The van der Waals surface area contributed by atoms with E-state index in [1.54, 1.807) is 0 Å². The number of alkyl halides is 2. The average molecular weight is 338 g/mol. The van der Waals surface area contributed by atoms with Crippen molar-refractivity contribution in [1.29, 1.82) is 0 Å². The molecule has 7 heteroatoms. The summed E-state index contributed by atoms with van der Waals surface area (Å²) in [5, 5.41) is 3.81. The average Bonchev–Trinajstić information content (AvgIpc) is 2.93. The zero-order valence-electron chi connectivity index (χ0n) is 12.4. The van der Waals surface area contributed by atoms with Crippen LogP contribution in [0.4, 0.5) is 27.6 Å². The van der Waals surface area contributed by atoms with Crippen molar-refractivity contribution in [2.45, 2.75) is 6.43 Å². The van der Waals surface area contributed by atoms with Gasteiger partial charge >= 0.3 is 0 Å². The van der Waals surface area contributed by atoms with Gasteiger partial charge < -0.3 is 0 Å². The van der Waals surface area contributed by atoms with Crippen LogP contribution in [0, 0.1) is 23.5 Å². The van der Waals surface area contributed by atoms with E-state index in [2.05, 4.69) is 11.2 Å². The lowest BCUT2D eigenvalue weighted by Crippen LogP contribution is -2.32. The second kappa shape index (κ2) is 5.83. The van der Waals surface area contributed by atoms with Gasteiger partial charge in [-0.1, -0.05) is 17.2 Å². The van der Waals surface area contributed by atoms with Crippen LogP contribution in [0.15, 0.2) is 47.7 Å². The van der Waals surface area contributed by atoms with Crippen molar-refractivity contribution in [3.63, 3.8) is 0 Å². The molecule has 1 aliphatic rings. The Hall–Kier alpha value is -2.54. The maximum absolute atomic E-state index is 14.5. The lowest BCUT2D eigenvalue weighted by Gasteiger charge is -2.23. The highest BCUT2D eigenvalue weighted by Crippen LogP contribution is 2.39. The molecule has 0 saturated carbocycles. The third kappa shape index (κ3) is 2.71. The number of hydrogen-bond acceptors (Lipinski definition) is 1. The molecule has 0 spiro atoms. The largest absolute Gasteiger partial charge is 0.286 e. The molecule has 1 heterocycles. The van der Waals surface area contributed by atoms with Crippen molar-refractivity contribution >= 4 is 11.4 Å². The Morgan fingerprint density at radius 1 is 1.00 bits per heavy atom. The molecule has 1 unspecified atom stereocenters. The fourth-order valence-corrected chi connectivity index (χ4v) is 2.57. The standard InChI is InChI=1S/C17H11F5N2/c1-24(8-7-15(23-24)17(21)22)16-11(3-2-4-13(16)19)10-5-6-12(18)14(20)9-10/h2-6,8-9,17H,1H3/q+1. The van der Waals surface area contributed by atoms with Crippen LogP contribution in [0.1, 0.15) is 0 Å². The molecule has 2 aromatic carbocycles. The smallest absolute Gasteiger partial charge is 0.204 e. The van der Waals surface area contributed by atoms with Crippen LogP contribution in [0.2, 0.25) is 0 Å². The number of quaternary nitrogens is 1. The first-order valence-corrected chi connectivity index (χ1v) is 6.92.